The molecule has 1 saturated heterocycles. The van der Waals surface area contributed by atoms with Crippen molar-refractivity contribution in [1.82, 2.24) is 15.0 Å². The van der Waals surface area contributed by atoms with E-state index >= 15 is 0 Å². The molecule has 2 fully saturated rings. The normalized spacial score (nSPS) is 25.6. The molecule has 4 rings (SSSR count). The van der Waals surface area contributed by atoms with Crippen molar-refractivity contribution >= 4 is 11.9 Å². The Bertz CT molecular complexity index is 789. The summed E-state index contributed by atoms with van der Waals surface area (Å²) in [4.78, 5) is 30.1. The van der Waals surface area contributed by atoms with Crippen molar-refractivity contribution in [3.05, 3.63) is 36.3 Å². The zero-order valence-electron chi connectivity index (χ0n) is 13.7. The highest BCUT2D eigenvalue weighted by Gasteiger charge is 2.48. The lowest BCUT2D eigenvalue weighted by Crippen LogP contribution is -2.46. The van der Waals surface area contributed by atoms with Gasteiger partial charge in [-0.1, -0.05) is 18.0 Å². The maximum Gasteiger partial charge on any atom is 0.326 e. The Balaban J connectivity index is 1.63. The molecular formula is C18H19N3O4. The molecule has 130 valence electrons. The Morgan fingerprint density at radius 1 is 1.20 bits per heavy atom. The lowest BCUT2D eigenvalue weighted by Gasteiger charge is -2.32. The van der Waals surface area contributed by atoms with Gasteiger partial charge in [0.25, 0.3) is 5.91 Å². The summed E-state index contributed by atoms with van der Waals surface area (Å²) in [6, 6.07) is 4.32. The minimum absolute atomic E-state index is 0.0107. The number of carboxylic acids is 1. The summed E-state index contributed by atoms with van der Waals surface area (Å²) in [5.41, 5.74) is 0.928. The van der Waals surface area contributed by atoms with Crippen LogP contribution in [-0.4, -0.2) is 44.1 Å². The van der Waals surface area contributed by atoms with Crippen molar-refractivity contribution in [3.63, 3.8) is 0 Å². The predicted molar refractivity (Wildman–Crippen MR) is 87.7 cm³/mol. The molecular weight excluding hydrogens is 322 g/mol. The fourth-order valence-electron chi connectivity index (χ4n) is 4.13. The van der Waals surface area contributed by atoms with E-state index in [-0.39, 0.29) is 23.6 Å². The quantitative estimate of drug-likeness (QED) is 0.922. The maximum absolute atomic E-state index is 13.0. The molecule has 1 N–H and O–H groups in total. The van der Waals surface area contributed by atoms with Gasteiger partial charge in [-0.05, 0) is 37.3 Å². The van der Waals surface area contributed by atoms with Crippen LogP contribution in [0.4, 0.5) is 0 Å². The standard InChI is InChI=1S/C18H19N3O4/c22-17(13-10-16(25-20-13)11-5-7-19-8-6-11)21-14-4-2-1-3-12(14)9-15(21)18(23)24/h5-8,10,12,14-15H,1-4,9H2,(H,23,24). The minimum atomic E-state index is -0.944. The molecule has 7 nitrogen and oxygen atoms in total. The summed E-state index contributed by atoms with van der Waals surface area (Å²) in [6.07, 6.45) is 7.76. The molecule has 1 saturated carbocycles. The van der Waals surface area contributed by atoms with Gasteiger partial charge < -0.3 is 14.5 Å². The highest BCUT2D eigenvalue weighted by atomic mass is 16.5. The van der Waals surface area contributed by atoms with Crippen LogP contribution in [0, 0.1) is 5.92 Å². The number of fused-ring (bicyclic) bond motifs is 1. The van der Waals surface area contributed by atoms with Crippen LogP contribution in [-0.2, 0) is 4.79 Å². The number of carboxylic acid groups (broad SMARTS) is 1. The van der Waals surface area contributed by atoms with Gasteiger partial charge in [0.15, 0.2) is 11.5 Å². The number of carbonyl (C=O) groups is 2. The smallest absolute Gasteiger partial charge is 0.326 e. The number of aliphatic carboxylic acids is 1. The van der Waals surface area contributed by atoms with Crippen LogP contribution in [0.15, 0.2) is 35.1 Å². The van der Waals surface area contributed by atoms with E-state index in [4.69, 9.17) is 4.52 Å². The van der Waals surface area contributed by atoms with Gasteiger partial charge in [-0.15, -0.1) is 0 Å². The highest BCUT2D eigenvalue weighted by molar-refractivity contribution is 5.96. The van der Waals surface area contributed by atoms with Gasteiger partial charge in [0, 0.05) is 30.1 Å². The summed E-state index contributed by atoms with van der Waals surface area (Å²) < 4.78 is 5.29. The SMILES string of the molecule is O=C(O)C1CC2CCCCC2N1C(=O)c1cc(-c2ccncc2)on1. The van der Waals surface area contributed by atoms with Crippen molar-refractivity contribution < 1.29 is 19.2 Å². The monoisotopic (exact) mass is 341 g/mol. The summed E-state index contributed by atoms with van der Waals surface area (Å²) in [6.45, 7) is 0. The van der Waals surface area contributed by atoms with E-state index in [9.17, 15) is 14.7 Å². The van der Waals surface area contributed by atoms with Crippen molar-refractivity contribution in [1.29, 1.82) is 0 Å². The second-order valence-corrected chi connectivity index (χ2v) is 6.73. The summed E-state index contributed by atoms with van der Waals surface area (Å²) in [7, 11) is 0. The van der Waals surface area contributed by atoms with E-state index in [1.165, 1.54) is 4.90 Å². The Kier molecular flexibility index (Phi) is 3.99. The van der Waals surface area contributed by atoms with E-state index in [0.717, 1.165) is 31.2 Å². The highest BCUT2D eigenvalue weighted by Crippen LogP contribution is 2.40. The number of hydrogen-bond donors (Lipinski definition) is 1. The number of pyridine rings is 1. The van der Waals surface area contributed by atoms with Gasteiger partial charge in [-0.3, -0.25) is 9.78 Å². The zero-order valence-corrected chi connectivity index (χ0v) is 13.7. The molecule has 0 spiro atoms. The number of aromatic nitrogens is 2. The lowest BCUT2D eigenvalue weighted by atomic mass is 9.84. The number of carbonyl (C=O) groups excluding carboxylic acids is 1. The van der Waals surface area contributed by atoms with Gasteiger partial charge in [0.05, 0.1) is 0 Å². The van der Waals surface area contributed by atoms with Crippen molar-refractivity contribution in [2.24, 2.45) is 5.92 Å². The van der Waals surface area contributed by atoms with Gasteiger partial charge in [-0.2, -0.15) is 0 Å². The van der Waals surface area contributed by atoms with Gasteiger partial charge in [-0.25, -0.2) is 4.79 Å². The molecule has 1 aliphatic heterocycles. The Hall–Kier alpha value is -2.70. The molecule has 0 bridgehead atoms. The second-order valence-electron chi connectivity index (χ2n) is 6.73. The van der Waals surface area contributed by atoms with Crippen LogP contribution < -0.4 is 0 Å². The fraction of sp³-hybridized carbons (Fsp3) is 0.444. The van der Waals surface area contributed by atoms with Gasteiger partial charge >= 0.3 is 5.97 Å². The van der Waals surface area contributed by atoms with E-state index in [0.29, 0.717) is 12.2 Å². The van der Waals surface area contributed by atoms with E-state index < -0.39 is 12.0 Å². The lowest BCUT2D eigenvalue weighted by molar-refractivity contribution is -0.141. The first-order chi connectivity index (χ1) is 12.1. The predicted octanol–water partition coefficient (Wildman–Crippen LogP) is 2.59. The summed E-state index contributed by atoms with van der Waals surface area (Å²) in [5, 5.41) is 13.5. The first kappa shape index (κ1) is 15.8. The minimum Gasteiger partial charge on any atom is -0.480 e. The molecule has 2 aromatic heterocycles. The molecule has 2 aliphatic rings. The number of likely N-dealkylation sites (tertiary alicyclic amines) is 1. The molecule has 0 aromatic carbocycles. The third kappa shape index (κ3) is 2.79. The van der Waals surface area contributed by atoms with E-state index in [2.05, 4.69) is 10.1 Å². The number of nitrogens with zero attached hydrogens (tertiary/aromatic N) is 3. The van der Waals surface area contributed by atoms with Gasteiger partial charge in [0.1, 0.15) is 6.04 Å². The van der Waals surface area contributed by atoms with Crippen molar-refractivity contribution in [2.45, 2.75) is 44.2 Å². The second kappa shape index (κ2) is 6.31. The molecule has 25 heavy (non-hydrogen) atoms. The topological polar surface area (TPSA) is 96.5 Å². The molecule has 3 heterocycles. The summed E-state index contributed by atoms with van der Waals surface area (Å²) in [5.74, 6) is -0.561. The maximum atomic E-state index is 13.0. The van der Waals surface area contributed by atoms with Gasteiger partial charge in [0.2, 0.25) is 0 Å². The van der Waals surface area contributed by atoms with Crippen LogP contribution in [0.3, 0.4) is 0 Å². The van der Waals surface area contributed by atoms with Crippen molar-refractivity contribution in [3.8, 4) is 11.3 Å². The Labute approximate surface area is 144 Å². The molecule has 1 aliphatic carbocycles. The van der Waals surface area contributed by atoms with Crippen molar-refractivity contribution in [2.75, 3.05) is 0 Å². The third-order valence-corrected chi connectivity index (χ3v) is 5.30. The van der Waals surface area contributed by atoms with Crippen LogP contribution in [0.2, 0.25) is 0 Å². The fourth-order valence-corrected chi connectivity index (χ4v) is 4.13. The van der Waals surface area contributed by atoms with Crippen LogP contribution >= 0.6 is 0 Å². The third-order valence-electron chi connectivity index (χ3n) is 5.30. The average molecular weight is 341 g/mol. The van der Waals surface area contributed by atoms with Crippen LogP contribution in [0.5, 0.6) is 0 Å². The Morgan fingerprint density at radius 2 is 1.96 bits per heavy atom. The number of hydrogen-bond acceptors (Lipinski definition) is 5. The largest absolute Gasteiger partial charge is 0.480 e. The molecule has 3 atom stereocenters. The van der Waals surface area contributed by atoms with Crippen LogP contribution in [0.1, 0.15) is 42.6 Å². The first-order valence-electron chi connectivity index (χ1n) is 8.57. The molecule has 1 amide bonds. The van der Waals surface area contributed by atoms with Crippen LogP contribution in [0.25, 0.3) is 11.3 Å². The summed E-state index contributed by atoms with van der Waals surface area (Å²) >= 11 is 0. The van der Waals surface area contributed by atoms with E-state index in [1.807, 2.05) is 0 Å². The Morgan fingerprint density at radius 3 is 2.72 bits per heavy atom. The van der Waals surface area contributed by atoms with E-state index in [1.54, 1.807) is 30.6 Å². The molecule has 2 aromatic rings. The average Bonchev–Trinajstić information content (AvgIpc) is 3.27. The molecule has 0 radical (unpaired) electrons. The first-order valence-corrected chi connectivity index (χ1v) is 8.57. The number of amides is 1. The zero-order chi connectivity index (χ0) is 17.4. The molecule has 7 heteroatoms. The molecule has 3 unspecified atom stereocenters. The number of rotatable bonds is 3.